The second-order valence-corrected chi connectivity index (χ2v) is 6.56. The third-order valence-electron chi connectivity index (χ3n) is 4.45. The Kier molecular flexibility index (Phi) is 5.22. The number of aliphatic hydroxyl groups is 1. The molecule has 1 aliphatic rings. The normalized spacial score (nSPS) is 24.6. The largest absolute Gasteiger partial charge is 0.386 e. The molecule has 0 spiro atoms. The quantitative estimate of drug-likeness (QED) is 0.891. The van der Waals surface area contributed by atoms with Crippen molar-refractivity contribution in [1.29, 1.82) is 0 Å². The van der Waals surface area contributed by atoms with Crippen LogP contribution < -0.4 is 0 Å². The maximum Gasteiger partial charge on any atom is 0.103 e. The monoisotopic (exact) mass is 276 g/mol. The summed E-state index contributed by atoms with van der Waals surface area (Å²) in [6.07, 6.45) is 4.68. The van der Waals surface area contributed by atoms with Crippen LogP contribution in [0.2, 0.25) is 0 Å². The van der Waals surface area contributed by atoms with E-state index in [9.17, 15) is 5.11 Å². The Balaban J connectivity index is 1.96. The minimum Gasteiger partial charge on any atom is -0.386 e. The van der Waals surface area contributed by atoms with Gasteiger partial charge in [-0.1, -0.05) is 37.5 Å². The molecule has 112 valence electrons. The van der Waals surface area contributed by atoms with E-state index in [0.717, 1.165) is 35.4 Å². The number of hydrogen-bond donors (Lipinski definition) is 1. The summed E-state index contributed by atoms with van der Waals surface area (Å²) >= 11 is 0. The first kappa shape index (κ1) is 15.5. The fourth-order valence-corrected chi connectivity index (χ4v) is 3.56. The summed E-state index contributed by atoms with van der Waals surface area (Å²) in [7, 11) is 0. The highest BCUT2D eigenvalue weighted by atomic mass is 16.5. The summed E-state index contributed by atoms with van der Waals surface area (Å²) in [5.41, 5.74) is 4.61. The van der Waals surface area contributed by atoms with Crippen LogP contribution in [-0.2, 0) is 4.74 Å². The average Bonchev–Trinajstić information content (AvgIpc) is 2.35. The molecule has 2 nitrogen and oxygen atoms in total. The van der Waals surface area contributed by atoms with Gasteiger partial charge in [-0.3, -0.25) is 0 Å². The van der Waals surface area contributed by atoms with Crippen molar-refractivity contribution in [2.75, 3.05) is 6.61 Å². The Morgan fingerprint density at radius 1 is 1.20 bits per heavy atom. The zero-order valence-electron chi connectivity index (χ0n) is 13.3. The van der Waals surface area contributed by atoms with Crippen LogP contribution in [0.1, 0.15) is 61.0 Å². The minimum atomic E-state index is -0.507. The predicted molar refractivity (Wildman–Crippen MR) is 83.0 cm³/mol. The molecule has 0 saturated heterocycles. The molecule has 2 heteroatoms. The molecular formula is C18H28O2. The Morgan fingerprint density at radius 3 is 2.45 bits per heavy atom. The van der Waals surface area contributed by atoms with Crippen molar-refractivity contribution < 1.29 is 9.84 Å². The summed E-state index contributed by atoms with van der Waals surface area (Å²) in [4.78, 5) is 0. The highest BCUT2D eigenvalue weighted by molar-refractivity contribution is 5.38. The van der Waals surface area contributed by atoms with Crippen LogP contribution in [-0.4, -0.2) is 17.8 Å². The standard InChI is InChI=1S/C18H28O2/c1-12-6-5-7-16(10-12)20-11-17(19)18-14(3)8-13(2)9-15(18)4/h8-9,12,16-17,19H,5-7,10-11H2,1-4H3. The molecule has 3 unspecified atom stereocenters. The van der Waals surface area contributed by atoms with Gasteiger partial charge in [0.2, 0.25) is 0 Å². The zero-order chi connectivity index (χ0) is 14.7. The van der Waals surface area contributed by atoms with Crippen LogP contribution in [0.25, 0.3) is 0 Å². The van der Waals surface area contributed by atoms with Crippen molar-refractivity contribution in [2.45, 2.75) is 65.6 Å². The van der Waals surface area contributed by atoms with Crippen LogP contribution in [0, 0.1) is 26.7 Å². The highest BCUT2D eigenvalue weighted by Crippen LogP contribution is 2.28. The Morgan fingerprint density at radius 2 is 1.85 bits per heavy atom. The fraction of sp³-hybridized carbons (Fsp3) is 0.667. The first-order valence-corrected chi connectivity index (χ1v) is 7.84. The van der Waals surface area contributed by atoms with Gasteiger partial charge in [0, 0.05) is 0 Å². The first-order chi connectivity index (χ1) is 9.47. The number of ether oxygens (including phenoxy) is 1. The van der Waals surface area contributed by atoms with Gasteiger partial charge in [0.25, 0.3) is 0 Å². The Labute approximate surface area is 123 Å². The Hall–Kier alpha value is -0.860. The van der Waals surface area contributed by atoms with Gasteiger partial charge in [-0.15, -0.1) is 0 Å². The molecule has 1 aromatic carbocycles. The molecule has 1 aliphatic carbocycles. The van der Waals surface area contributed by atoms with Crippen LogP contribution in [0.15, 0.2) is 12.1 Å². The van der Waals surface area contributed by atoms with Gasteiger partial charge in [-0.05, 0) is 56.2 Å². The zero-order valence-corrected chi connectivity index (χ0v) is 13.3. The van der Waals surface area contributed by atoms with Gasteiger partial charge < -0.3 is 9.84 Å². The van der Waals surface area contributed by atoms with Crippen LogP contribution in [0.4, 0.5) is 0 Å². The van der Waals surface area contributed by atoms with E-state index in [1.54, 1.807) is 0 Å². The van der Waals surface area contributed by atoms with E-state index in [2.05, 4.69) is 39.8 Å². The lowest BCUT2D eigenvalue weighted by atomic mass is 9.88. The fourth-order valence-electron chi connectivity index (χ4n) is 3.56. The third-order valence-corrected chi connectivity index (χ3v) is 4.45. The van der Waals surface area contributed by atoms with Crippen molar-refractivity contribution >= 4 is 0 Å². The molecule has 1 aromatic rings. The third kappa shape index (κ3) is 3.83. The van der Waals surface area contributed by atoms with E-state index in [-0.39, 0.29) is 0 Å². The molecule has 0 heterocycles. The lowest BCUT2D eigenvalue weighted by Gasteiger charge is -2.28. The topological polar surface area (TPSA) is 29.5 Å². The van der Waals surface area contributed by atoms with E-state index < -0.39 is 6.10 Å². The average molecular weight is 276 g/mol. The van der Waals surface area contributed by atoms with Gasteiger partial charge in [-0.2, -0.15) is 0 Å². The molecule has 2 rings (SSSR count). The molecule has 1 fully saturated rings. The summed E-state index contributed by atoms with van der Waals surface area (Å²) < 4.78 is 5.96. The number of aryl methyl sites for hydroxylation is 3. The van der Waals surface area contributed by atoms with E-state index >= 15 is 0 Å². The van der Waals surface area contributed by atoms with Crippen LogP contribution in [0.3, 0.4) is 0 Å². The number of aliphatic hydroxyl groups excluding tert-OH is 1. The van der Waals surface area contributed by atoms with E-state index in [1.165, 1.54) is 18.4 Å². The van der Waals surface area contributed by atoms with Crippen molar-refractivity contribution in [1.82, 2.24) is 0 Å². The smallest absolute Gasteiger partial charge is 0.103 e. The second-order valence-electron chi connectivity index (χ2n) is 6.56. The van der Waals surface area contributed by atoms with Crippen molar-refractivity contribution in [3.63, 3.8) is 0 Å². The van der Waals surface area contributed by atoms with Gasteiger partial charge in [-0.25, -0.2) is 0 Å². The molecule has 0 bridgehead atoms. The lowest BCUT2D eigenvalue weighted by molar-refractivity contribution is -0.0325. The van der Waals surface area contributed by atoms with Gasteiger partial charge >= 0.3 is 0 Å². The summed E-state index contributed by atoms with van der Waals surface area (Å²) in [5, 5.41) is 10.4. The molecule has 1 saturated carbocycles. The second kappa shape index (κ2) is 6.73. The van der Waals surface area contributed by atoms with Crippen molar-refractivity contribution in [3.8, 4) is 0 Å². The number of rotatable bonds is 4. The molecule has 0 radical (unpaired) electrons. The highest BCUT2D eigenvalue weighted by Gasteiger charge is 2.21. The molecule has 20 heavy (non-hydrogen) atoms. The number of benzene rings is 1. The molecule has 3 atom stereocenters. The summed E-state index contributed by atoms with van der Waals surface area (Å²) in [6, 6.07) is 4.27. The van der Waals surface area contributed by atoms with Crippen LogP contribution in [0.5, 0.6) is 0 Å². The molecule has 0 aliphatic heterocycles. The van der Waals surface area contributed by atoms with Gasteiger partial charge in [0.05, 0.1) is 12.7 Å². The maximum atomic E-state index is 10.4. The maximum absolute atomic E-state index is 10.4. The van der Waals surface area contributed by atoms with Crippen molar-refractivity contribution in [3.05, 3.63) is 34.4 Å². The van der Waals surface area contributed by atoms with Crippen molar-refractivity contribution in [2.24, 2.45) is 5.92 Å². The predicted octanol–water partition coefficient (Wildman–Crippen LogP) is 4.24. The molecule has 1 N–H and O–H groups in total. The van der Waals surface area contributed by atoms with Gasteiger partial charge in [0.15, 0.2) is 0 Å². The van der Waals surface area contributed by atoms with E-state index in [1.807, 2.05) is 0 Å². The lowest BCUT2D eigenvalue weighted by Crippen LogP contribution is -2.24. The van der Waals surface area contributed by atoms with Crippen LogP contribution >= 0.6 is 0 Å². The van der Waals surface area contributed by atoms with Gasteiger partial charge in [0.1, 0.15) is 6.10 Å². The Bertz CT molecular complexity index is 430. The molecular weight excluding hydrogens is 248 g/mol. The molecule has 0 aromatic heterocycles. The van der Waals surface area contributed by atoms with E-state index in [4.69, 9.17) is 4.74 Å². The molecule has 0 amide bonds. The minimum absolute atomic E-state index is 0.333. The summed E-state index contributed by atoms with van der Waals surface area (Å²) in [6.45, 7) is 8.95. The first-order valence-electron chi connectivity index (χ1n) is 7.84. The number of hydrogen-bond acceptors (Lipinski definition) is 2. The summed E-state index contributed by atoms with van der Waals surface area (Å²) in [5.74, 6) is 0.758. The van der Waals surface area contributed by atoms with E-state index in [0.29, 0.717) is 12.7 Å². The SMILES string of the molecule is Cc1cc(C)c(C(O)COC2CCCC(C)C2)c(C)c1.